The SMILES string of the molecule is CC(C)CC(C)(O)/N=N/C(C)(O)CC(C)C. The monoisotopic (exact) mass is 230 g/mol. The van der Waals surface area contributed by atoms with Gasteiger partial charge in [-0.05, 0) is 25.7 Å². The van der Waals surface area contributed by atoms with Gasteiger partial charge in [-0.1, -0.05) is 27.7 Å². The lowest BCUT2D eigenvalue weighted by molar-refractivity contribution is 0.00312. The zero-order chi connectivity index (χ0) is 13.0. The van der Waals surface area contributed by atoms with Crippen molar-refractivity contribution in [3.8, 4) is 0 Å². The molecule has 4 nitrogen and oxygen atoms in total. The highest BCUT2D eigenvalue weighted by molar-refractivity contribution is 4.74. The van der Waals surface area contributed by atoms with Crippen molar-refractivity contribution in [3.05, 3.63) is 0 Å². The summed E-state index contributed by atoms with van der Waals surface area (Å²) >= 11 is 0. The zero-order valence-electron chi connectivity index (χ0n) is 11.4. The van der Waals surface area contributed by atoms with Gasteiger partial charge < -0.3 is 10.2 Å². The molecule has 2 atom stereocenters. The Balaban J connectivity index is 4.45. The average Bonchev–Trinajstić information content (AvgIpc) is 1.96. The Bertz CT molecular complexity index is 209. The number of aliphatic hydroxyl groups is 2. The summed E-state index contributed by atoms with van der Waals surface area (Å²) in [7, 11) is 0. The molecule has 0 aromatic carbocycles. The second-order valence-corrected chi connectivity index (χ2v) is 5.83. The first-order valence-electron chi connectivity index (χ1n) is 5.93. The molecule has 0 aliphatic carbocycles. The molecule has 0 spiro atoms. The topological polar surface area (TPSA) is 65.2 Å². The van der Waals surface area contributed by atoms with Crippen LogP contribution in [0, 0.1) is 11.8 Å². The Morgan fingerprint density at radius 2 is 1.06 bits per heavy atom. The number of hydrogen-bond acceptors (Lipinski definition) is 4. The molecule has 16 heavy (non-hydrogen) atoms. The Morgan fingerprint density at radius 1 is 0.812 bits per heavy atom. The Morgan fingerprint density at radius 3 is 1.25 bits per heavy atom. The van der Waals surface area contributed by atoms with Crippen LogP contribution in [0.4, 0.5) is 0 Å². The van der Waals surface area contributed by atoms with Crippen LogP contribution in [0.3, 0.4) is 0 Å². The van der Waals surface area contributed by atoms with Crippen molar-refractivity contribution in [2.24, 2.45) is 22.1 Å². The molecule has 0 aromatic rings. The summed E-state index contributed by atoms with van der Waals surface area (Å²) in [5.41, 5.74) is -2.37. The van der Waals surface area contributed by atoms with Crippen molar-refractivity contribution >= 4 is 0 Å². The first kappa shape index (κ1) is 15.5. The van der Waals surface area contributed by atoms with E-state index >= 15 is 0 Å². The van der Waals surface area contributed by atoms with Crippen LogP contribution >= 0.6 is 0 Å². The van der Waals surface area contributed by atoms with E-state index in [0.29, 0.717) is 24.7 Å². The maximum absolute atomic E-state index is 9.91. The fourth-order valence-electron chi connectivity index (χ4n) is 1.84. The molecular formula is C12H26N2O2. The molecule has 0 fully saturated rings. The number of rotatable bonds is 6. The number of hydrogen-bond donors (Lipinski definition) is 2. The van der Waals surface area contributed by atoms with Crippen molar-refractivity contribution in [2.75, 3.05) is 0 Å². The van der Waals surface area contributed by atoms with Gasteiger partial charge in [0.2, 0.25) is 0 Å². The van der Waals surface area contributed by atoms with Gasteiger partial charge in [0, 0.05) is 12.8 Å². The predicted octanol–water partition coefficient (Wildman–Crippen LogP) is 2.95. The molecule has 0 bridgehead atoms. The molecule has 0 heterocycles. The minimum absolute atomic E-state index is 0.337. The highest BCUT2D eigenvalue weighted by atomic mass is 16.3. The Labute approximate surface area is 98.8 Å². The predicted molar refractivity (Wildman–Crippen MR) is 65.0 cm³/mol. The number of azo groups is 1. The van der Waals surface area contributed by atoms with E-state index in [1.165, 1.54) is 0 Å². The van der Waals surface area contributed by atoms with Crippen LogP contribution in [-0.4, -0.2) is 21.7 Å². The van der Waals surface area contributed by atoms with Gasteiger partial charge in [0.15, 0.2) is 11.4 Å². The molecule has 0 amide bonds. The first-order valence-corrected chi connectivity index (χ1v) is 5.93. The third-order valence-electron chi connectivity index (χ3n) is 2.07. The Kier molecular flexibility index (Phi) is 5.56. The molecule has 0 saturated carbocycles. The average molecular weight is 230 g/mol. The second-order valence-electron chi connectivity index (χ2n) is 5.83. The van der Waals surface area contributed by atoms with Gasteiger partial charge >= 0.3 is 0 Å². The lowest BCUT2D eigenvalue weighted by atomic mass is 10.0. The van der Waals surface area contributed by atoms with Crippen LogP contribution in [0.1, 0.15) is 54.4 Å². The smallest absolute Gasteiger partial charge is 0.173 e. The lowest BCUT2D eigenvalue weighted by Crippen LogP contribution is -2.27. The molecule has 0 saturated heterocycles. The largest absolute Gasteiger partial charge is 0.368 e. The third-order valence-corrected chi connectivity index (χ3v) is 2.07. The van der Waals surface area contributed by atoms with Gasteiger partial charge in [-0.3, -0.25) is 0 Å². The van der Waals surface area contributed by atoms with Crippen LogP contribution in [0.15, 0.2) is 10.2 Å². The van der Waals surface area contributed by atoms with Crippen molar-refractivity contribution in [2.45, 2.75) is 65.8 Å². The van der Waals surface area contributed by atoms with Crippen LogP contribution in [0.25, 0.3) is 0 Å². The summed E-state index contributed by atoms with van der Waals surface area (Å²) < 4.78 is 0. The first-order chi connectivity index (χ1) is 7.04. The molecule has 96 valence electrons. The normalized spacial score (nSPS) is 20.4. The van der Waals surface area contributed by atoms with E-state index in [1.807, 2.05) is 27.7 Å². The highest BCUT2D eigenvalue weighted by Crippen LogP contribution is 2.23. The molecule has 4 heteroatoms. The molecular weight excluding hydrogens is 204 g/mol. The lowest BCUT2D eigenvalue weighted by Gasteiger charge is -2.23. The zero-order valence-corrected chi connectivity index (χ0v) is 11.4. The van der Waals surface area contributed by atoms with Crippen LogP contribution in [0.5, 0.6) is 0 Å². The van der Waals surface area contributed by atoms with Crippen LogP contribution in [-0.2, 0) is 0 Å². The van der Waals surface area contributed by atoms with Gasteiger partial charge in [0.05, 0.1) is 0 Å². The van der Waals surface area contributed by atoms with E-state index < -0.39 is 11.4 Å². The summed E-state index contributed by atoms with van der Waals surface area (Å²) in [5, 5.41) is 27.5. The van der Waals surface area contributed by atoms with E-state index in [4.69, 9.17) is 0 Å². The van der Waals surface area contributed by atoms with E-state index in [2.05, 4.69) is 10.2 Å². The van der Waals surface area contributed by atoms with Gasteiger partial charge in [0.1, 0.15) is 0 Å². The van der Waals surface area contributed by atoms with Gasteiger partial charge in [-0.15, -0.1) is 0 Å². The standard InChI is InChI=1S/C12H26N2O2/c1-9(2)7-11(5,15)13-14-12(6,16)8-10(3)4/h9-10,15-16H,7-8H2,1-6H3/b14-13+. The maximum atomic E-state index is 9.91. The van der Waals surface area contributed by atoms with E-state index in [-0.39, 0.29) is 0 Å². The Hall–Kier alpha value is -0.480. The summed E-state index contributed by atoms with van der Waals surface area (Å²) in [6.07, 6.45) is 1.07. The minimum atomic E-state index is -1.19. The van der Waals surface area contributed by atoms with Gasteiger partial charge in [-0.25, -0.2) is 0 Å². The summed E-state index contributed by atoms with van der Waals surface area (Å²) in [6, 6.07) is 0. The maximum Gasteiger partial charge on any atom is 0.173 e. The van der Waals surface area contributed by atoms with E-state index in [0.717, 1.165) is 0 Å². The molecule has 0 radical (unpaired) electrons. The van der Waals surface area contributed by atoms with Crippen LogP contribution in [0.2, 0.25) is 0 Å². The van der Waals surface area contributed by atoms with E-state index in [9.17, 15) is 10.2 Å². The quantitative estimate of drug-likeness (QED) is 0.689. The molecule has 2 unspecified atom stereocenters. The highest BCUT2D eigenvalue weighted by Gasteiger charge is 2.25. The summed E-state index contributed by atoms with van der Waals surface area (Å²) in [4.78, 5) is 0. The van der Waals surface area contributed by atoms with Crippen molar-refractivity contribution < 1.29 is 10.2 Å². The van der Waals surface area contributed by atoms with Crippen molar-refractivity contribution in [1.29, 1.82) is 0 Å². The summed E-state index contributed by atoms with van der Waals surface area (Å²) in [5.74, 6) is 0.674. The minimum Gasteiger partial charge on any atom is -0.368 e. The molecule has 0 aromatic heterocycles. The van der Waals surface area contributed by atoms with Crippen LogP contribution < -0.4 is 0 Å². The van der Waals surface area contributed by atoms with E-state index in [1.54, 1.807) is 13.8 Å². The fourth-order valence-corrected chi connectivity index (χ4v) is 1.84. The van der Waals surface area contributed by atoms with Gasteiger partial charge in [-0.2, -0.15) is 10.2 Å². The molecule has 0 rings (SSSR count). The van der Waals surface area contributed by atoms with Gasteiger partial charge in [0.25, 0.3) is 0 Å². The second kappa shape index (κ2) is 5.73. The van der Waals surface area contributed by atoms with Crippen molar-refractivity contribution in [1.82, 2.24) is 0 Å². The number of nitrogens with zero attached hydrogens (tertiary/aromatic N) is 2. The fraction of sp³-hybridized carbons (Fsp3) is 1.00. The molecule has 2 N–H and O–H groups in total. The molecule has 0 aliphatic heterocycles. The third kappa shape index (κ3) is 7.77. The summed E-state index contributed by atoms with van der Waals surface area (Å²) in [6.45, 7) is 11.3. The molecule has 0 aliphatic rings. The van der Waals surface area contributed by atoms with Crippen molar-refractivity contribution in [3.63, 3.8) is 0 Å².